The van der Waals surface area contributed by atoms with E-state index in [0.29, 0.717) is 12.2 Å². The number of fused-ring (bicyclic) bond motifs is 1. The molecular formula is C20H22N4O2. The Bertz CT molecular complexity index is 1000. The fraction of sp³-hybridized carbons (Fsp3) is 0.350. The van der Waals surface area contributed by atoms with Crippen LogP contribution in [0.3, 0.4) is 0 Å². The third-order valence-electron chi connectivity index (χ3n) is 5.20. The number of aryl methyl sites for hydroxylation is 1. The van der Waals surface area contributed by atoms with Crippen molar-refractivity contribution in [1.82, 2.24) is 19.3 Å². The first kappa shape index (κ1) is 16.6. The third-order valence-corrected chi connectivity index (χ3v) is 5.20. The molecule has 1 aliphatic heterocycles. The summed E-state index contributed by atoms with van der Waals surface area (Å²) < 4.78 is 1.48. The van der Waals surface area contributed by atoms with Crippen LogP contribution in [0, 0.1) is 6.92 Å². The summed E-state index contributed by atoms with van der Waals surface area (Å²) in [5.74, 6) is 0.623. The Morgan fingerprint density at radius 1 is 1.31 bits per heavy atom. The highest BCUT2D eigenvalue weighted by Gasteiger charge is 2.29. The number of likely N-dealkylation sites (tertiary alicyclic amines) is 1. The van der Waals surface area contributed by atoms with Crippen molar-refractivity contribution in [2.45, 2.75) is 38.6 Å². The van der Waals surface area contributed by atoms with E-state index in [1.54, 1.807) is 18.5 Å². The average molecular weight is 350 g/mol. The van der Waals surface area contributed by atoms with E-state index >= 15 is 0 Å². The predicted octanol–water partition coefficient (Wildman–Crippen LogP) is 2.63. The fourth-order valence-corrected chi connectivity index (χ4v) is 3.75. The second kappa shape index (κ2) is 6.78. The van der Waals surface area contributed by atoms with Gasteiger partial charge in [0.2, 0.25) is 11.7 Å². The Balaban J connectivity index is 1.64. The van der Waals surface area contributed by atoms with Crippen molar-refractivity contribution in [3.63, 3.8) is 0 Å². The molecule has 0 bridgehead atoms. The lowest BCUT2D eigenvalue weighted by Crippen LogP contribution is -2.40. The molecule has 1 saturated heterocycles. The lowest BCUT2D eigenvalue weighted by Gasteiger charge is -2.36. The zero-order valence-corrected chi connectivity index (χ0v) is 14.8. The van der Waals surface area contributed by atoms with Gasteiger partial charge >= 0.3 is 0 Å². The van der Waals surface area contributed by atoms with E-state index in [1.807, 2.05) is 36.1 Å². The molecule has 2 aromatic heterocycles. The lowest BCUT2D eigenvalue weighted by molar-refractivity contribution is -0.134. The molecule has 3 aromatic rings. The number of nitrogens with zero attached hydrogens (tertiary/aromatic N) is 3. The summed E-state index contributed by atoms with van der Waals surface area (Å²) in [4.78, 5) is 34.7. The number of piperidine rings is 1. The van der Waals surface area contributed by atoms with Crippen molar-refractivity contribution in [3.05, 3.63) is 69.9 Å². The monoisotopic (exact) mass is 350 g/mol. The fourth-order valence-electron chi connectivity index (χ4n) is 3.75. The number of H-pyrrole nitrogens is 1. The largest absolute Gasteiger partial charge is 0.334 e. The first-order chi connectivity index (χ1) is 12.6. The molecule has 1 aromatic carbocycles. The first-order valence-corrected chi connectivity index (χ1v) is 9.04. The van der Waals surface area contributed by atoms with Gasteiger partial charge in [-0.25, -0.2) is 4.98 Å². The molecule has 1 fully saturated rings. The van der Waals surface area contributed by atoms with Crippen LogP contribution in [0.5, 0.6) is 0 Å². The number of nitrogens with one attached hydrogen (secondary N) is 1. The number of aromatic amines is 1. The number of rotatable bonds is 3. The normalized spacial score (nSPS) is 17.6. The molecule has 6 nitrogen and oxygen atoms in total. The molecule has 0 aliphatic carbocycles. The Morgan fingerprint density at radius 3 is 3.00 bits per heavy atom. The second-order valence-electron chi connectivity index (χ2n) is 6.89. The van der Waals surface area contributed by atoms with E-state index in [9.17, 15) is 9.59 Å². The summed E-state index contributed by atoms with van der Waals surface area (Å²) in [5, 5.41) is 0. The maximum atomic E-state index is 13.0. The van der Waals surface area contributed by atoms with E-state index in [-0.39, 0.29) is 17.5 Å². The zero-order valence-electron chi connectivity index (χ0n) is 14.8. The number of carbonyl (C=O) groups excluding carboxylic acids is 1. The summed E-state index contributed by atoms with van der Waals surface area (Å²) in [6, 6.07) is 9.48. The average Bonchev–Trinajstić information content (AvgIpc) is 3.13. The van der Waals surface area contributed by atoms with Gasteiger partial charge in [-0.3, -0.25) is 14.0 Å². The van der Waals surface area contributed by atoms with Crippen molar-refractivity contribution in [3.8, 4) is 0 Å². The molecule has 134 valence electrons. The van der Waals surface area contributed by atoms with Crippen LogP contribution in [-0.4, -0.2) is 31.7 Å². The molecule has 4 rings (SSSR count). The smallest absolute Gasteiger partial charge is 0.259 e. The van der Waals surface area contributed by atoms with Gasteiger partial charge in [0.25, 0.3) is 5.56 Å². The SMILES string of the molecule is Cc1ccccc1CC(=O)N1CCCC[C@@H]1c1cc(=O)n2ccnc2[nH]1. The van der Waals surface area contributed by atoms with E-state index in [0.717, 1.165) is 42.6 Å². The van der Waals surface area contributed by atoms with Crippen LogP contribution in [0.1, 0.15) is 42.1 Å². The summed E-state index contributed by atoms with van der Waals surface area (Å²) in [6.07, 6.45) is 6.51. The third kappa shape index (κ3) is 3.03. The topological polar surface area (TPSA) is 70.5 Å². The van der Waals surface area contributed by atoms with Gasteiger partial charge in [0.05, 0.1) is 12.5 Å². The number of carbonyl (C=O) groups is 1. The van der Waals surface area contributed by atoms with Gasteiger partial charge in [0, 0.05) is 30.7 Å². The molecule has 0 spiro atoms. The first-order valence-electron chi connectivity index (χ1n) is 9.04. The highest BCUT2D eigenvalue weighted by atomic mass is 16.2. The van der Waals surface area contributed by atoms with Crippen molar-refractivity contribution >= 4 is 11.7 Å². The Kier molecular flexibility index (Phi) is 4.32. The van der Waals surface area contributed by atoms with Crippen molar-refractivity contribution < 1.29 is 4.79 Å². The van der Waals surface area contributed by atoms with E-state index in [4.69, 9.17) is 0 Å². The minimum absolute atomic E-state index is 0.102. The van der Waals surface area contributed by atoms with Crippen molar-refractivity contribution in [2.24, 2.45) is 0 Å². The quantitative estimate of drug-likeness (QED) is 0.789. The summed E-state index contributed by atoms with van der Waals surface area (Å²) in [6.45, 7) is 2.75. The summed E-state index contributed by atoms with van der Waals surface area (Å²) >= 11 is 0. The number of amides is 1. The van der Waals surface area contributed by atoms with E-state index in [1.165, 1.54) is 4.40 Å². The van der Waals surface area contributed by atoms with Gasteiger partial charge in [-0.2, -0.15) is 0 Å². The van der Waals surface area contributed by atoms with Crippen LogP contribution in [0.25, 0.3) is 5.78 Å². The van der Waals surface area contributed by atoms with Crippen LogP contribution in [-0.2, 0) is 11.2 Å². The molecule has 26 heavy (non-hydrogen) atoms. The van der Waals surface area contributed by atoms with Crippen LogP contribution < -0.4 is 5.56 Å². The van der Waals surface area contributed by atoms with Gasteiger partial charge in [0.15, 0.2) is 0 Å². The molecule has 0 radical (unpaired) electrons. The maximum absolute atomic E-state index is 13.0. The predicted molar refractivity (Wildman–Crippen MR) is 99.0 cm³/mol. The van der Waals surface area contributed by atoms with Crippen LogP contribution in [0.2, 0.25) is 0 Å². The highest BCUT2D eigenvalue weighted by molar-refractivity contribution is 5.79. The molecule has 1 N–H and O–H groups in total. The highest BCUT2D eigenvalue weighted by Crippen LogP contribution is 2.30. The van der Waals surface area contributed by atoms with Gasteiger partial charge < -0.3 is 9.88 Å². The van der Waals surface area contributed by atoms with E-state index in [2.05, 4.69) is 9.97 Å². The van der Waals surface area contributed by atoms with Gasteiger partial charge in [0.1, 0.15) is 0 Å². The standard InChI is InChI=1S/C20H22N4O2/c1-14-6-2-3-7-15(14)12-18(25)23-10-5-4-8-17(23)16-13-19(26)24-11-9-21-20(24)22-16/h2-3,6-7,9,11,13,17H,4-5,8,10,12H2,1H3,(H,21,22)/t17-/m1/s1. The van der Waals surface area contributed by atoms with Gasteiger partial charge in [-0.1, -0.05) is 24.3 Å². The maximum Gasteiger partial charge on any atom is 0.259 e. The molecule has 1 atom stereocenters. The number of imidazole rings is 1. The molecule has 0 unspecified atom stereocenters. The molecule has 1 aliphatic rings. The minimum Gasteiger partial charge on any atom is -0.334 e. The molecule has 1 amide bonds. The molecular weight excluding hydrogens is 328 g/mol. The number of benzene rings is 1. The minimum atomic E-state index is -0.122. The van der Waals surface area contributed by atoms with E-state index < -0.39 is 0 Å². The Morgan fingerprint density at radius 2 is 2.15 bits per heavy atom. The second-order valence-corrected chi connectivity index (χ2v) is 6.89. The van der Waals surface area contributed by atoms with Crippen LogP contribution >= 0.6 is 0 Å². The van der Waals surface area contributed by atoms with Gasteiger partial charge in [-0.15, -0.1) is 0 Å². The van der Waals surface area contributed by atoms with Crippen molar-refractivity contribution in [1.29, 1.82) is 0 Å². The number of hydrogen-bond donors (Lipinski definition) is 1. The molecule has 3 heterocycles. The summed E-state index contributed by atoms with van der Waals surface area (Å²) in [5.41, 5.74) is 2.83. The number of aromatic nitrogens is 3. The molecule has 6 heteroatoms. The molecule has 0 saturated carbocycles. The lowest BCUT2D eigenvalue weighted by atomic mass is 9.97. The Hall–Kier alpha value is -2.89. The van der Waals surface area contributed by atoms with Crippen LogP contribution in [0.4, 0.5) is 0 Å². The van der Waals surface area contributed by atoms with Gasteiger partial charge in [-0.05, 0) is 37.3 Å². The number of hydrogen-bond acceptors (Lipinski definition) is 3. The Labute approximate surface area is 151 Å². The van der Waals surface area contributed by atoms with Crippen molar-refractivity contribution in [2.75, 3.05) is 6.54 Å². The zero-order chi connectivity index (χ0) is 18.1. The summed E-state index contributed by atoms with van der Waals surface area (Å²) in [7, 11) is 0. The van der Waals surface area contributed by atoms with Crippen LogP contribution in [0.15, 0.2) is 47.5 Å².